The molecule has 1 fully saturated rings. The van der Waals surface area contributed by atoms with Crippen molar-refractivity contribution in [3.05, 3.63) is 35.9 Å². The highest BCUT2D eigenvalue weighted by Gasteiger charge is 2.60. The molecule has 0 spiro atoms. The van der Waals surface area contributed by atoms with Crippen molar-refractivity contribution in [3.63, 3.8) is 0 Å². The number of epoxide rings is 1. The van der Waals surface area contributed by atoms with Gasteiger partial charge in [-0.15, -0.1) is 0 Å². The molecule has 2 amide bonds. The molecule has 0 bridgehead atoms. The smallest absolute Gasteiger partial charge is 0.348 e. The summed E-state index contributed by atoms with van der Waals surface area (Å²) in [5.41, 5.74) is -0.981. The van der Waals surface area contributed by atoms with E-state index in [1.165, 1.54) is 4.90 Å². The molecule has 2 rings (SSSR count). The predicted molar refractivity (Wildman–Crippen MR) is 77.1 cm³/mol. The van der Waals surface area contributed by atoms with Crippen LogP contribution in [0.15, 0.2) is 30.3 Å². The molecule has 1 heterocycles. The number of likely N-dealkylation sites (N-methyl/N-ethyl adjacent to an activating group) is 1. The van der Waals surface area contributed by atoms with Gasteiger partial charge in [0.25, 0.3) is 11.5 Å². The molecule has 2 N–H and O–H groups in total. The van der Waals surface area contributed by atoms with Crippen LogP contribution in [0.4, 0.5) is 0 Å². The SMILES string of the molecule is CN(C)C(=O)C(Cc1ccccc1)NC(=O)C1(C(=O)O)CO1. The molecule has 7 heteroatoms. The molecule has 0 radical (unpaired) electrons. The molecule has 118 valence electrons. The lowest BCUT2D eigenvalue weighted by Crippen LogP contribution is -2.53. The highest BCUT2D eigenvalue weighted by atomic mass is 16.6. The number of amides is 2. The average molecular weight is 306 g/mol. The minimum absolute atomic E-state index is 0.178. The van der Waals surface area contributed by atoms with E-state index in [0.29, 0.717) is 0 Å². The van der Waals surface area contributed by atoms with Crippen LogP contribution in [-0.4, -0.2) is 60.1 Å². The van der Waals surface area contributed by atoms with E-state index >= 15 is 0 Å². The Morgan fingerprint density at radius 3 is 2.36 bits per heavy atom. The standard InChI is InChI=1S/C15H18N2O5/c1-17(2)12(18)11(8-10-6-4-3-5-7-10)16-13(19)15(9-22-15)14(20)21/h3-7,11H,8-9H2,1-2H3,(H,16,19)(H,20,21). The van der Waals surface area contributed by atoms with Gasteiger partial charge in [0.05, 0.1) is 6.61 Å². The number of benzene rings is 1. The lowest BCUT2D eigenvalue weighted by atomic mass is 10.0. The third-order valence-corrected chi connectivity index (χ3v) is 3.47. The van der Waals surface area contributed by atoms with Gasteiger partial charge in [-0.05, 0) is 5.56 Å². The molecule has 2 unspecified atom stereocenters. The molecular formula is C15H18N2O5. The van der Waals surface area contributed by atoms with Crippen LogP contribution in [0.25, 0.3) is 0 Å². The Balaban J connectivity index is 2.13. The van der Waals surface area contributed by atoms with E-state index in [9.17, 15) is 14.4 Å². The minimum atomic E-state index is -1.85. The van der Waals surface area contributed by atoms with Gasteiger partial charge >= 0.3 is 5.97 Å². The quantitative estimate of drug-likeness (QED) is 0.553. The van der Waals surface area contributed by atoms with Crippen LogP contribution in [0.3, 0.4) is 0 Å². The van der Waals surface area contributed by atoms with Crippen molar-refractivity contribution in [1.29, 1.82) is 0 Å². The lowest BCUT2D eigenvalue weighted by molar-refractivity contribution is -0.150. The Morgan fingerprint density at radius 2 is 1.91 bits per heavy atom. The summed E-state index contributed by atoms with van der Waals surface area (Å²) in [7, 11) is 3.15. The van der Waals surface area contributed by atoms with E-state index in [0.717, 1.165) is 5.56 Å². The Hall–Kier alpha value is -2.41. The molecule has 0 saturated carbocycles. The normalized spacial score (nSPS) is 20.8. The van der Waals surface area contributed by atoms with Gasteiger partial charge in [0.1, 0.15) is 6.04 Å². The zero-order chi connectivity index (χ0) is 16.3. The molecular weight excluding hydrogens is 288 g/mol. The van der Waals surface area contributed by atoms with Crippen molar-refractivity contribution in [2.45, 2.75) is 18.1 Å². The number of carboxylic acid groups (broad SMARTS) is 1. The lowest BCUT2D eigenvalue weighted by Gasteiger charge is -2.22. The van der Waals surface area contributed by atoms with Crippen LogP contribution >= 0.6 is 0 Å². The number of nitrogens with one attached hydrogen (secondary N) is 1. The van der Waals surface area contributed by atoms with E-state index in [1.54, 1.807) is 14.1 Å². The van der Waals surface area contributed by atoms with Crippen LogP contribution in [0.5, 0.6) is 0 Å². The maximum absolute atomic E-state index is 12.2. The minimum Gasteiger partial charge on any atom is -0.479 e. The summed E-state index contributed by atoms with van der Waals surface area (Å²) in [6.07, 6.45) is 0.277. The summed E-state index contributed by atoms with van der Waals surface area (Å²) >= 11 is 0. The fourth-order valence-corrected chi connectivity index (χ4v) is 2.06. The van der Waals surface area contributed by atoms with E-state index in [2.05, 4.69) is 5.32 Å². The summed E-state index contributed by atoms with van der Waals surface area (Å²) in [6.45, 7) is -0.178. The number of aliphatic carboxylic acids is 1. The molecule has 7 nitrogen and oxygen atoms in total. The topological polar surface area (TPSA) is 99.2 Å². The number of rotatable bonds is 6. The molecule has 22 heavy (non-hydrogen) atoms. The van der Waals surface area contributed by atoms with Crippen molar-refractivity contribution in [3.8, 4) is 0 Å². The third kappa shape index (κ3) is 3.25. The summed E-state index contributed by atoms with van der Waals surface area (Å²) < 4.78 is 4.77. The van der Waals surface area contributed by atoms with Crippen LogP contribution in [0.2, 0.25) is 0 Å². The summed E-state index contributed by atoms with van der Waals surface area (Å²) in [5.74, 6) is -2.45. The van der Waals surface area contributed by atoms with Crippen LogP contribution < -0.4 is 5.32 Å². The maximum atomic E-state index is 12.2. The monoisotopic (exact) mass is 306 g/mol. The van der Waals surface area contributed by atoms with Crippen molar-refractivity contribution < 1.29 is 24.2 Å². The maximum Gasteiger partial charge on any atom is 0.348 e. The molecule has 1 aliphatic heterocycles. The van der Waals surface area contributed by atoms with Crippen molar-refractivity contribution >= 4 is 17.8 Å². The number of carbonyl (C=O) groups is 3. The van der Waals surface area contributed by atoms with Gasteiger partial charge < -0.3 is 20.1 Å². The number of nitrogens with zero attached hydrogens (tertiary/aromatic N) is 1. The Kier molecular flexibility index (Phi) is 4.46. The molecule has 0 aromatic heterocycles. The van der Waals surface area contributed by atoms with Gasteiger partial charge in [0.15, 0.2) is 0 Å². The number of carboxylic acids is 1. The van der Waals surface area contributed by atoms with E-state index in [-0.39, 0.29) is 18.9 Å². The largest absolute Gasteiger partial charge is 0.479 e. The summed E-state index contributed by atoms with van der Waals surface area (Å²) in [6, 6.07) is 8.34. The highest BCUT2D eigenvalue weighted by Crippen LogP contribution is 2.27. The van der Waals surface area contributed by atoms with Gasteiger partial charge in [0, 0.05) is 20.5 Å². The van der Waals surface area contributed by atoms with Crippen LogP contribution in [-0.2, 0) is 25.5 Å². The third-order valence-electron chi connectivity index (χ3n) is 3.47. The highest BCUT2D eigenvalue weighted by molar-refractivity contribution is 6.09. The molecule has 2 atom stereocenters. The fraction of sp³-hybridized carbons (Fsp3) is 0.400. The van der Waals surface area contributed by atoms with Crippen molar-refractivity contribution in [1.82, 2.24) is 10.2 Å². The first-order chi connectivity index (χ1) is 10.4. The Morgan fingerprint density at radius 1 is 1.32 bits per heavy atom. The second-order valence-electron chi connectivity index (χ2n) is 5.37. The number of ether oxygens (including phenoxy) is 1. The fourth-order valence-electron chi connectivity index (χ4n) is 2.06. The van der Waals surface area contributed by atoms with E-state index in [1.807, 2.05) is 30.3 Å². The second-order valence-corrected chi connectivity index (χ2v) is 5.37. The van der Waals surface area contributed by atoms with Gasteiger partial charge in [-0.2, -0.15) is 0 Å². The molecule has 0 aliphatic carbocycles. The van der Waals surface area contributed by atoms with Gasteiger partial charge in [-0.1, -0.05) is 30.3 Å². The molecule has 1 aromatic carbocycles. The zero-order valence-corrected chi connectivity index (χ0v) is 12.4. The molecule has 1 saturated heterocycles. The van der Waals surface area contributed by atoms with Gasteiger partial charge in [0.2, 0.25) is 5.91 Å². The predicted octanol–water partition coefficient (Wildman–Crippen LogP) is -0.344. The Labute approximate surface area is 127 Å². The summed E-state index contributed by atoms with van der Waals surface area (Å²) in [4.78, 5) is 36.8. The molecule has 1 aliphatic rings. The van der Waals surface area contributed by atoms with Crippen LogP contribution in [0, 0.1) is 0 Å². The summed E-state index contributed by atoms with van der Waals surface area (Å²) in [5, 5.41) is 11.5. The van der Waals surface area contributed by atoms with Gasteiger partial charge in [-0.3, -0.25) is 9.59 Å². The first kappa shape index (κ1) is 16.0. The van der Waals surface area contributed by atoms with Gasteiger partial charge in [-0.25, -0.2) is 4.79 Å². The van der Waals surface area contributed by atoms with E-state index < -0.39 is 23.5 Å². The first-order valence-electron chi connectivity index (χ1n) is 6.80. The number of carbonyl (C=O) groups excluding carboxylic acids is 2. The van der Waals surface area contributed by atoms with E-state index in [4.69, 9.17) is 9.84 Å². The zero-order valence-electron chi connectivity index (χ0n) is 12.4. The average Bonchev–Trinajstić information content (AvgIpc) is 3.28. The Bertz CT molecular complexity index is 581. The van der Waals surface area contributed by atoms with Crippen LogP contribution in [0.1, 0.15) is 5.56 Å². The molecule has 1 aromatic rings. The van der Waals surface area contributed by atoms with Crippen molar-refractivity contribution in [2.24, 2.45) is 0 Å². The first-order valence-corrected chi connectivity index (χ1v) is 6.80. The van der Waals surface area contributed by atoms with Crippen molar-refractivity contribution in [2.75, 3.05) is 20.7 Å². The number of hydrogen-bond donors (Lipinski definition) is 2. The second kappa shape index (κ2) is 6.15. The number of hydrogen-bond acceptors (Lipinski definition) is 4.